The second-order valence-electron chi connectivity index (χ2n) is 8.72. The quantitative estimate of drug-likeness (QED) is 0.418. The predicted octanol–water partition coefficient (Wildman–Crippen LogP) is 4.24. The van der Waals surface area contributed by atoms with Crippen molar-refractivity contribution < 1.29 is 25.2 Å². The second kappa shape index (κ2) is 9.09. The van der Waals surface area contributed by atoms with Crippen molar-refractivity contribution in [2.45, 2.75) is 36.5 Å². The third-order valence-electron chi connectivity index (χ3n) is 6.54. The molecule has 5 rings (SSSR count). The Bertz CT molecular complexity index is 1090. The van der Waals surface area contributed by atoms with Crippen LogP contribution in [0.2, 0.25) is 0 Å². The fourth-order valence-electron chi connectivity index (χ4n) is 4.59. The van der Waals surface area contributed by atoms with E-state index < -0.39 is 20.2 Å². The third-order valence-corrected chi connectivity index (χ3v) is 9.13. The van der Waals surface area contributed by atoms with E-state index in [0.717, 1.165) is 24.0 Å². The van der Waals surface area contributed by atoms with Crippen molar-refractivity contribution in [1.29, 1.82) is 0 Å². The van der Waals surface area contributed by atoms with Crippen molar-refractivity contribution in [1.82, 2.24) is 0 Å². The molecule has 0 amide bonds. The Morgan fingerprint density at radius 3 is 1.31 bits per heavy atom. The highest BCUT2D eigenvalue weighted by atomic mass is 32.2. The van der Waals surface area contributed by atoms with Gasteiger partial charge >= 0.3 is 0 Å². The zero-order valence-corrected chi connectivity index (χ0v) is 19.8. The van der Waals surface area contributed by atoms with E-state index in [9.17, 15) is 16.8 Å². The Hall–Kier alpha value is -2.00. The molecular weight excluding hydrogens is 448 g/mol. The number of aryl methyl sites for hydroxylation is 2. The summed E-state index contributed by atoms with van der Waals surface area (Å²) in [5.74, 6) is 0.0205. The van der Waals surface area contributed by atoms with E-state index in [4.69, 9.17) is 8.37 Å². The summed E-state index contributed by atoms with van der Waals surface area (Å²) in [6.07, 6.45) is 6.07. The summed E-state index contributed by atoms with van der Waals surface area (Å²) in [7, 11) is -7.78. The standard InChI is InChI=1S/C24H28O6S2/c1-17-3-11-21(12-4-17)31(25,26)29-15-23-19-7-9-20(10-8-19)24(23)16-30-32(27,28)22-13-5-18(2)6-14-22/h3-7,9,11-14,19-20,23-24H,8,10,15-16H2,1-2H3/t19-,20?,23+,24?/m0/s1. The first kappa shape index (κ1) is 23.2. The van der Waals surface area contributed by atoms with Crippen molar-refractivity contribution in [3.8, 4) is 0 Å². The van der Waals surface area contributed by atoms with E-state index in [1.165, 1.54) is 24.3 Å². The Balaban J connectivity index is 1.47. The molecule has 2 bridgehead atoms. The molecule has 6 nitrogen and oxygen atoms in total. The fourth-order valence-corrected chi connectivity index (χ4v) is 6.47. The summed E-state index contributed by atoms with van der Waals surface area (Å²) in [6.45, 7) is 3.77. The van der Waals surface area contributed by atoms with Crippen LogP contribution in [-0.4, -0.2) is 30.0 Å². The monoisotopic (exact) mass is 476 g/mol. The van der Waals surface area contributed by atoms with Gasteiger partial charge < -0.3 is 0 Å². The van der Waals surface area contributed by atoms with Gasteiger partial charge in [0.1, 0.15) is 0 Å². The van der Waals surface area contributed by atoms with Crippen LogP contribution in [0.4, 0.5) is 0 Å². The molecule has 0 N–H and O–H groups in total. The highest BCUT2D eigenvalue weighted by molar-refractivity contribution is 7.87. The lowest BCUT2D eigenvalue weighted by atomic mass is 9.63. The van der Waals surface area contributed by atoms with E-state index in [1.54, 1.807) is 24.3 Å². The highest BCUT2D eigenvalue weighted by Crippen LogP contribution is 2.45. The summed E-state index contributed by atoms with van der Waals surface area (Å²) < 4.78 is 61.5. The largest absolute Gasteiger partial charge is 0.296 e. The molecule has 1 saturated carbocycles. The first-order chi connectivity index (χ1) is 15.2. The van der Waals surface area contributed by atoms with Crippen molar-refractivity contribution in [2.24, 2.45) is 23.7 Å². The molecule has 2 aromatic carbocycles. The number of fused-ring (bicyclic) bond motifs is 2. The van der Waals surface area contributed by atoms with Crippen LogP contribution in [0.3, 0.4) is 0 Å². The molecule has 4 atom stereocenters. The minimum atomic E-state index is -3.89. The van der Waals surface area contributed by atoms with E-state index >= 15 is 0 Å². The molecule has 8 heteroatoms. The van der Waals surface area contributed by atoms with Crippen LogP contribution in [-0.2, 0) is 28.6 Å². The topological polar surface area (TPSA) is 86.7 Å². The van der Waals surface area contributed by atoms with Gasteiger partial charge in [-0.2, -0.15) is 16.8 Å². The molecule has 2 aromatic rings. The lowest BCUT2D eigenvalue weighted by Gasteiger charge is -2.44. The van der Waals surface area contributed by atoms with Gasteiger partial charge in [-0.05, 0) is 74.6 Å². The molecule has 32 heavy (non-hydrogen) atoms. The second-order valence-corrected chi connectivity index (χ2v) is 12.0. The fraction of sp³-hybridized carbons (Fsp3) is 0.417. The normalized spacial score (nSPS) is 25.2. The van der Waals surface area contributed by atoms with Gasteiger partial charge in [-0.15, -0.1) is 0 Å². The van der Waals surface area contributed by atoms with E-state index in [1.807, 2.05) is 13.8 Å². The first-order valence-corrected chi connectivity index (χ1v) is 13.6. The third kappa shape index (κ3) is 4.98. The van der Waals surface area contributed by atoms with Crippen LogP contribution >= 0.6 is 0 Å². The Kier molecular flexibility index (Phi) is 6.58. The summed E-state index contributed by atoms with van der Waals surface area (Å²) in [4.78, 5) is 0.240. The predicted molar refractivity (Wildman–Crippen MR) is 121 cm³/mol. The van der Waals surface area contributed by atoms with Crippen molar-refractivity contribution >= 4 is 20.2 Å². The summed E-state index contributed by atoms with van der Waals surface area (Å²) >= 11 is 0. The number of hydrogen-bond acceptors (Lipinski definition) is 6. The average Bonchev–Trinajstić information content (AvgIpc) is 2.78. The summed E-state index contributed by atoms with van der Waals surface area (Å²) in [5, 5.41) is 0. The van der Waals surface area contributed by atoms with Gasteiger partial charge in [0.2, 0.25) is 0 Å². The van der Waals surface area contributed by atoms with E-state index in [0.29, 0.717) is 0 Å². The summed E-state index contributed by atoms with van der Waals surface area (Å²) in [5.41, 5.74) is 1.93. The smallest absolute Gasteiger partial charge is 0.266 e. The maximum absolute atomic E-state index is 12.7. The number of allylic oxidation sites excluding steroid dienone is 2. The lowest BCUT2D eigenvalue weighted by molar-refractivity contribution is 0.0440. The summed E-state index contributed by atoms with van der Waals surface area (Å²) in [6, 6.07) is 13.1. The Labute approximate surface area is 190 Å². The van der Waals surface area contributed by atoms with Gasteiger partial charge in [-0.3, -0.25) is 8.37 Å². The SMILES string of the molecule is Cc1ccc(S(=O)(=O)OCC2C3C=C[C@@H](CC3)[C@H]2COS(=O)(=O)c2ccc(C)cc2)cc1. The first-order valence-electron chi connectivity index (χ1n) is 10.8. The molecule has 0 aliphatic heterocycles. The van der Waals surface area contributed by atoms with Gasteiger partial charge in [0.05, 0.1) is 23.0 Å². The van der Waals surface area contributed by atoms with Crippen LogP contribution in [0, 0.1) is 37.5 Å². The van der Waals surface area contributed by atoms with Crippen LogP contribution < -0.4 is 0 Å². The van der Waals surface area contributed by atoms with E-state index in [-0.39, 0.29) is 46.7 Å². The van der Waals surface area contributed by atoms with Crippen LogP contribution in [0.5, 0.6) is 0 Å². The number of rotatable bonds is 8. The van der Waals surface area contributed by atoms with Gasteiger partial charge in [-0.1, -0.05) is 47.5 Å². The molecule has 0 saturated heterocycles. The van der Waals surface area contributed by atoms with Gasteiger partial charge in [-0.25, -0.2) is 0 Å². The molecule has 0 heterocycles. The van der Waals surface area contributed by atoms with Crippen LogP contribution in [0.1, 0.15) is 24.0 Å². The molecule has 3 aliphatic rings. The van der Waals surface area contributed by atoms with Crippen molar-refractivity contribution in [3.63, 3.8) is 0 Å². The maximum atomic E-state index is 12.7. The van der Waals surface area contributed by atoms with Crippen LogP contribution in [0.25, 0.3) is 0 Å². The molecule has 172 valence electrons. The maximum Gasteiger partial charge on any atom is 0.296 e. The zero-order chi connectivity index (χ0) is 22.9. The van der Waals surface area contributed by atoms with Gasteiger partial charge in [0.25, 0.3) is 20.2 Å². The van der Waals surface area contributed by atoms with E-state index in [2.05, 4.69) is 12.2 Å². The molecule has 0 spiro atoms. The average molecular weight is 477 g/mol. The number of hydrogen-bond donors (Lipinski definition) is 0. The Morgan fingerprint density at radius 2 is 1.00 bits per heavy atom. The minimum absolute atomic E-state index is 0.000320. The van der Waals surface area contributed by atoms with Gasteiger partial charge in [0, 0.05) is 0 Å². The minimum Gasteiger partial charge on any atom is -0.266 e. The molecule has 2 unspecified atom stereocenters. The molecule has 3 aliphatic carbocycles. The Morgan fingerprint density at radius 1 is 0.656 bits per heavy atom. The van der Waals surface area contributed by atoms with Gasteiger partial charge in [0.15, 0.2) is 0 Å². The van der Waals surface area contributed by atoms with Crippen LogP contribution in [0.15, 0.2) is 70.5 Å². The van der Waals surface area contributed by atoms with Crippen molar-refractivity contribution in [2.75, 3.05) is 13.2 Å². The molecule has 0 radical (unpaired) electrons. The molecule has 0 aromatic heterocycles. The van der Waals surface area contributed by atoms with Crippen molar-refractivity contribution in [3.05, 3.63) is 71.8 Å². The lowest BCUT2D eigenvalue weighted by Crippen LogP contribution is -2.42. The zero-order valence-electron chi connectivity index (χ0n) is 18.2. The number of benzene rings is 2. The molecule has 1 fully saturated rings. The molecular formula is C24H28O6S2. The highest BCUT2D eigenvalue weighted by Gasteiger charge is 2.42.